The van der Waals surface area contributed by atoms with Gasteiger partial charge in [-0.2, -0.15) is 0 Å². The van der Waals surface area contributed by atoms with Crippen LogP contribution in [0.2, 0.25) is 0 Å². The van der Waals surface area contributed by atoms with E-state index in [-0.39, 0.29) is 11.9 Å². The molecule has 0 aromatic carbocycles. The van der Waals surface area contributed by atoms with E-state index < -0.39 is 6.10 Å². The molecular weight excluding hydrogens is 292 g/mol. The third-order valence-corrected chi connectivity index (χ3v) is 4.97. The predicted octanol–water partition coefficient (Wildman–Crippen LogP) is 0.950. The number of methoxy groups -OCH3 is 1. The lowest BCUT2D eigenvalue weighted by atomic mass is 10.1. The highest BCUT2D eigenvalue weighted by molar-refractivity contribution is 7.17. The zero-order valence-electron chi connectivity index (χ0n) is 11.9. The van der Waals surface area contributed by atoms with Crippen LogP contribution in [0.4, 0.5) is 5.00 Å². The van der Waals surface area contributed by atoms with Crippen molar-refractivity contribution in [2.24, 2.45) is 0 Å². The van der Waals surface area contributed by atoms with Gasteiger partial charge < -0.3 is 20.1 Å². The van der Waals surface area contributed by atoms with Crippen molar-refractivity contribution >= 4 is 28.2 Å². The lowest BCUT2D eigenvalue weighted by Crippen LogP contribution is -2.45. The Morgan fingerprint density at radius 1 is 1.43 bits per heavy atom. The van der Waals surface area contributed by atoms with Gasteiger partial charge in [-0.25, -0.2) is 4.79 Å². The molecule has 1 aliphatic heterocycles. The molecule has 3 rings (SSSR count). The van der Waals surface area contributed by atoms with Crippen molar-refractivity contribution < 1.29 is 19.1 Å². The SMILES string of the molecule is COC(=O)c1c(NC(=O)C2CNCCO2)sc2c1CCC2. The average molecular weight is 310 g/mol. The molecule has 1 atom stereocenters. The summed E-state index contributed by atoms with van der Waals surface area (Å²) < 4.78 is 10.3. The molecule has 1 aliphatic carbocycles. The topological polar surface area (TPSA) is 76.7 Å². The van der Waals surface area contributed by atoms with Crippen LogP contribution < -0.4 is 10.6 Å². The first kappa shape index (κ1) is 14.5. The number of aryl methyl sites for hydroxylation is 1. The zero-order valence-corrected chi connectivity index (χ0v) is 12.7. The molecule has 0 saturated carbocycles. The van der Waals surface area contributed by atoms with Crippen molar-refractivity contribution in [3.05, 3.63) is 16.0 Å². The second-order valence-electron chi connectivity index (χ2n) is 5.11. The summed E-state index contributed by atoms with van der Waals surface area (Å²) in [5.74, 6) is -0.598. The lowest BCUT2D eigenvalue weighted by Gasteiger charge is -2.22. The molecule has 1 aromatic heterocycles. The van der Waals surface area contributed by atoms with Crippen LogP contribution in [0.5, 0.6) is 0 Å². The summed E-state index contributed by atoms with van der Waals surface area (Å²) in [5, 5.41) is 6.54. The van der Waals surface area contributed by atoms with E-state index >= 15 is 0 Å². The molecule has 2 N–H and O–H groups in total. The molecule has 21 heavy (non-hydrogen) atoms. The van der Waals surface area contributed by atoms with Crippen LogP contribution in [0, 0.1) is 0 Å². The fourth-order valence-corrected chi connectivity index (χ4v) is 4.02. The molecule has 1 saturated heterocycles. The molecule has 1 aromatic rings. The van der Waals surface area contributed by atoms with Crippen LogP contribution in [0.15, 0.2) is 0 Å². The average Bonchev–Trinajstić information content (AvgIpc) is 3.07. The molecule has 2 heterocycles. The monoisotopic (exact) mass is 310 g/mol. The van der Waals surface area contributed by atoms with Crippen LogP contribution >= 0.6 is 11.3 Å². The maximum absolute atomic E-state index is 12.2. The summed E-state index contributed by atoms with van der Waals surface area (Å²) in [7, 11) is 1.36. The number of rotatable bonds is 3. The Hall–Kier alpha value is -1.44. The van der Waals surface area contributed by atoms with Gasteiger partial charge in [-0.15, -0.1) is 11.3 Å². The van der Waals surface area contributed by atoms with Crippen LogP contribution in [-0.4, -0.2) is 44.8 Å². The zero-order chi connectivity index (χ0) is 14.8. The summed E-state index contributed by atoms with van der Waals surface area (Å²) in [6, 6.07) is 0. The number of amides is 1. The molecular formula is C14H18N2O4S. The van der Waals surface area contributed by atoms with Gasteiger partial charge in [0.15, 0.2) is 0 Å². The number of carbonyl (C=O) groups is 2. The first-order valence-corrected chi connectivity index (χ1v) is 7.88. The highest BCUT2D eigenvalue weighted by Crippen LogP contribution is 2.39. The summed E-state index contributed by atoms with van der Waals surface area (Å²) >= 11 is 1.48. The van der Waals surface area contributed by atoms with Crippen molar-refractivity contribution in [2.45, 2.75) is 25.4 Å². The minimum Gasteiger partial charge on any atom is -0.465 e. The first-order chi connectivity index (χ1) is 10.2. The molecule has 7 heteroatoms. The molecule has 0 radical (unpaired) electrons. The highest BCUT2D eigenvalue weighted by Gasteiger charge is 2.30. The predicted molar refractivity (Wildman–Crippen MR) is 78.9 cm³/mol. The number of fused-ring (bicyclic) bond motifs is 1. The Balaban J connectivity index is 1.81. The second kappa shape index (κ2) is 6.13. The van der Waals surface area contributed by atoms with Crippen LogP contribution in [0.3, 0.4) is 0 Å². The van der Waals surface area contributed by atoms with Crippen LogP contribution in [0.25, 0.3) is 0 Å². The Morgan fingerprint density at radius 3 is 3.00 bits per heavy atom. The Kier molecular flexibility index (Phi) is 4.23. The minimum absolute atomic E-state index is 0.215. The standard InChI is InChI=1S/C14H18N2O4S/c1-19-14(18)11-8-3-2-4-10(8)21-13(11)16-12(17)9-7-15-5-6-20-9/h9,15H,2-7H2,1H3,(H,16,17). The Labute approximate surface area is 126 Å². The molecule has 0 bridgehead atoms. The first-order valence-electron chi connectivity index (χ1n) is 7.06. The van der Waals surface area contributed by atoms with Gasteiger partial charge >= 0.3 is 5.97 Å². The van der Waals surface area contributed by atoms with Crippen molar-refractivity contribution in [1.82, 2.24) is 5.32 Å². The second-order valence-corrected chi connectivity index (χ2v) is 6.21. The molecule has 1 amide bonds. The number of esters is 1. The number of thiophene rings is 1. The number of nitrogens with one attached hydrogen (secondary N) is 2. The normalized spacial score (nSPS) is 20.9. The number of morpholine rings is 1. The van der Waals surface area contributed by atoms with Crippen molar-refractivity contribution in [3.63, 3.8) is 0 Å². The summed E-state index contributed by atoms with van der Waals surface area (Å²) in [4.78, 5) is 25.4. The highest BCUT2D eigenvalue weighted by atomic mass is 32.1. The third-order valence-electron chi connectivity index (χ3n) is 3.77. The third kappa shape index (κ3) is 2.81. The fraction of sp³-hybridized carbons (Fsp3) is 0.571. The van der Waals surface area contributed by atoms with Crippen LogP contribution in [0.1, 0.15) is 27.2 Å². The van der Waals surface area contributed by atoms with E-state index in [1.807, 2.05) is 0 Å². The minimum atomic E-state index is -0.513. The molecule has 1 unspecified atom stereocenters. The van der Waals surface area contributed by atoms with Crippen LogP contribution in [-0.2, 0) is 27.1 Å². The Bertz CT molecular complexity index is 564. The van der Waals surface area contributed by atoms with E-state index in [0.717, 1.165) is 31.4 Å². The van der Waals surface area contributed by atoms with E-state index in [0.29, 0.717) is 23.7 Å². The summed E-state index contributed by atoms with van der Waals surface area (Å²) in [6.45, 7) is 1.76. The smallest absolute Gasteiger partial charge is 0.341 e. The van der Waals surface area contributed by atoms with Gasteiger partial charge in [-0.05, 0) is 24.8 Å². The van der Waals surface area contributed by atoms with Crippen molar-refractivity contribution in [1.29, 1.82) is 0 Å². The van der Waals surface area contributed by atoms with Crippen molar-refractivity contribution in [3.8, 4) is 0 Å². The lowest BCUT2D eigenvalue weighted by molar-refractivity contribution is -0.128. The van der Waals surface area contributed by atoms with E-state index in [1.165, 1.54) is 23.3 Å². The number of carbonyl (C=O) groups excluding carboxylic acids is 2. The van der Waals surface area contributed by atoms with Crippen molar-refractivity contribution in [2.75, 3.05) is 32.1 Å². The maximum Gasteiger partial charge on any atom is 0.341 e. The number of hydrogen-bond acceptors (Lipinski definition) is 6. The van der Waals surface area contributed by atoms with Gasteiger partial charge in [0.25, 0.3) is 5.91 Å². The molecule has 6 nitrogen and oxygen atoms in total. The van der Waals surface area contributed by atoms with Gasteiger partial charge in [-0.1, -0.05) is 0 Å². The Morgan fingerprint density at radius 2 is 2.29 bits per heavy atom. The fourth-order valence-electron chi connectivity index (χ4n) is 2.74. The van der Waals surface area contributed by atoms with E-state index in [1.54, 1.807) is 0 Å². The molecule has 2 aliphatic rings. The number of hydrogen-bond donors (Lipinski definition) is 2. The van der Waals surface area contributed by atoms with E-state index in [9.17, 15) is 9.59 Å². The molecule has 0 spiro atoms. The van der Waals surface area contributed by atoms with Gasteiger partial charge in [0.1, 0.15) is 11.1 Å². The van der Waals surface area contributed by atoms with Gasteiger partial charge in [0.2, 0.25) is 0 Å². The number of ether oxygens (including phenoxy) is 2. The van der Waals surface area contributed by atoms with Gasteiger partial charge in [0.05, 0.1) is 19.3 Å². The quantitative estimate of drug-likeness (QED) is 0.813. The summed E-state index contributed by atoms with van der Waals surface area (Å²) in [5.41, 5.74) is 1.55. The molecule has 114 valence electrons. The maximum atomic E-state index is 12.2. The van der Waals surface area contributed by atoms with E-state index in [2.05, 4.69) is 10.6 Å². The van der Waals surface area contributed by atoms with Gasteiger partial charge in [-0.3, -0.25) is 4.79 Å². The van der Waals surface area contributed by atoms with Gasteiger partial charge in [0, 0.05) is 18.0 Å². The largest absolute Gasteiger partial charge is 0.465 e. The summed E-state index contributed by atoms with van der Waals surface area (Å²) in [6.07, 6.45) is 2.37. The van der Waals surface area contributed by atoms with E-state index in [4.69, 9.17) is 9.47 Å². The molecule has 1 fully saturated rings. The number of anilines is 1.